The van der Waals surface area contributed by atoms with E-state index in [2.05, 4.69) is 5.32 Å². The molecule has 0 fully saturated rings. The number of methoxy groups -OCH3 is 1. The summed E-state index contributed by atoms with van der Waals surface area (Å²) in [7, 11) is 1.61. The molecule has 90 valence electrons. The fourth-order valence-corrected chi connectivity index (χ4v) is 1.44. The Labute approximate surface area is 92.6 Å². The number of carbonyl (C=O) groups excluding carboxylic acids is 1. The molecular formula is C11H24N2O2. The Morgan fingerprint density at radius 3 is 2.40 bits per heavy atom. The van der Waals surface area contributed by atoms with E-state index < -0.39 is 6.04 Å². The van der Waals surface area contributed by atoms with Gasteiger partial charge in [0.05, 0.1) is 18.2 Å². The number of rotatable bonds is 6. The zero-order valence-corrected chi connectivity index (χ0v) is 10.5. The van der Waals surface area contributed by atoms with Gasteiger partial charge >= 0.3 is 0 Å². The zero-order chi connectivity index (χ0) is 12.1. The Balaban J connectivity index is 4.11. The van der Waals surface area contributed by atoms with Crippen LogP contribution in [0.15, 0.2) is 0 Å². The van der Waals surface area contributed by atoms with Gasteiger partial charge in [-0.3, -0.25) is 4.79 Å². The average Bonchev–Trinajstić information content (AvgIpc) is 2.01. The largest absolute Gasteiger partial charge is 0.382 e. The molecule has 4 nitrogen and oxygen atoms in total. The van der Waals surface area contributed by atoms with Crippen molar-refractivity contribution < 1.29 is 9.53 Å². The number of nitrogens with one attached hydrogen (secondary N) is 1. The summed E-state index contributed by atoms with van der Waals surface area (Å²) in [6.07, 6.45) is 0.703. The van der Waals surface area contributed by atoms with E-state index in [0.717, 1.165) is 0 Å². The number of amides is 1. The van der Waals surface area contributed by atoms with Crippen LogP contribution in [0.3, 0.4) is 0 Å². The summed E-state index contributed by atoms with van der Waals surface area (Å²) in [4.78, 5) is 11.7. The van der Waals surface area contributed by atoms with Crippen molar-refractivity contribution in [1.29, 1.82) is 0 Å². The fourth-order valence-electron chi connectivity index (χ4n) is 1.44. The molecular weight excluding hydrogens is 192 g/mol. The van der Waals surface area contributed by atoms with E-state index in [-0.39, 0.29) is 11.4 Å². The highest BCUT2D eigenvalue weighted by Crippen LogP contribution is 2.06. The highest BCUT2D eigenvalue weighted by Gasteiger charge is 2.23. The van der Waals surface area contributed by atoms with Crippen LogP contribution in [0.2, 0.25) is 0 Å². The van der Waals surface area contributed by atoms with Gasteiger partial charge in [0.1, 0.15) is 0 Å². The van der Waals surface area contributed by atoms with Crippen LogP contribution in [0, 0.1) is 5.92 Å². The van der Waals surface area contributed by atoms with Crippen molar-refractivity contribution >= 4 is 5.91 Å². The molecule has 4 heteroatoms. The molecule has 0 spiro atoms. The van der Waals surface area contributed by atoms with Gasteiger partial charge in [-0.2, -0.15) is 0 Å². The van der Waals surface area contributed by atoms with E-state index in [9.17, 15) is 4.79 Å². The maximum atomic E-state index is 11.7. The molecule has 0 aliphatic heterocycles. The molecule has 1 amide bonds. The summed E-state index contributed by atoms with van der Waals surface area (Å²) >= 11 is 0. The van der Waals surface area contributed by atoms with Crippen molar-refractivity contribution in [1.82, 2.24) is 5.32 Å². The van der Waals surface area contributed by atoms with Gasteiger partial charge in [0.25, 0.3) is 0 Å². The Bertz CT molecular complexity index is 203. The van der Waals surface area contributed by atoms with E-state index in [1.54, 1.807) is 7.11 Å². The smallest absolute Gasteiger partial charge is 0.237 e. The normalized spacial score (nSPS) is 14.1. The van der Waals surface area contributed by atoms with Crippen LogP contribution in [0.5, 0.6) is 0 Å². The molecule has 0 aromatic heterocycles. The quantitative estimate of drug-likeness (QED) is 0.693. The van der Waals surface area contributed by atoms with Crippen LogP contribution in [0.25, 0.3) is 0 Å². The first-order valence-corrected chi connectivity index (χ1v) is 5.35. The van der Waals surface area contributed by atoms with E-state index >= 15 is 0 Å². The number of hydrogen-bond acceptors (Lipinski definition) is 3. The molecule has 0 radical (unpaired) electrons. The lowest BCUT2D eigenvalue weighted by molar-refractivity contribution is -0.124. The SMILES string of the molecule is COCC(C)(C)NC(=O)C(N)CC(C)C. The molecule has 1 unspecified atom stereocenters. The molecule has 0 heterocycles. The average molecular weight is 216 g/mol. The number of hydrogen-bond donors (Lipinski definition) is 2. The van der Waals surface area contributed by atoms with E-state index in [1.165, 1.54) is 0 Å². The van der Waals surface area contributed by atoms with Crippen LogP contribution in [0.1, 0.15) is 34.1 Å². The summed E-state index contributed by atoms with van der Waals surface area (Å²) in [5, 5.41) is 2.87. The molecule has 0 aliphatic rings. The number of carbonyl (C=O) groups is 1. The minimum atomic E-state index is -0.430. The van der Waals surface area contributed by atoms with Crippen molar-refractivity contribution in [2.75, 3.05) is 13.7 Å². The predicted octanol–water partition coefficient (Wildman–Crippen LogP) is 0.901. The second-order valence-corrected chi connectivity index (χ2v) is 5.04. The van der Waals surface area contributed by atoms with Gasteiger partial charge in [0.2, 0.25) is 5.91 Å². The van der Waals surface area contributed by atoms with Crippen molar-refractivity contribution in [3.05, 3.63) is 0 Å². The molecule has 0 aromatic rings. The van der Waals surface area contributed by atoms with Crippen LogP contribution < -0.4 is 11.1 Å². The summed E-state index contributed by atoms with van der Waals surface area (Å²) in [5.74, 6) is 0.321. The first-order valence-electron chi connectivity index (χ1n) is 5.35. The van der Waals surface area contributed by atoms with Gasteiger partial charge < -0.3 is 15.8 Å². The van der Waals surface area contributed by atoms with Gasteiger partial charge in [0.15, 0.2) is 0 Å². The summed E-state index contributed by atoms with van der Waals surface area (Å²) in [5.41, 5.74) is 5.41. The lowest BCUT2D eigenvalue weighted by atomic mass is 10.0. The second-order valence-electron chi connectivity index (χ2n) is 5.04. The van der Waals surface area contributed by atoms with Crippen LogP contribution in [-0.4, -0.2) is 31.2 Å². The van der Waals surface area contributed by atoms with Crippen LogP contribution in [-0.2, 0) is 9.53 Å². The molecule has 0 rings (SSSR count). The third kappa shape index (κ3) is 6.47. The maximum Gasteiger partial charge on any atom is 0.237 e. The van der Waals surface area contributed by atoms with Crippen molar-refractivity contribution in [3.8, 4) is 0 Å². The predicted molar refractivity (Wildman–Crippen MR) is 61.5 cm³/mol. The van der Waals surface area contributed by atoms with Gasteiger partial charge in [0, 0.05) is 7.11 Å². The van der Waals surface area contributed by atoms with E-state index in [4.69, 9.17) is 10.5 Å². The van der Waals surface area contributed by atoms with Gasteiger partial charge in [-0.05, 0) is 26.2 Å². The zero-order valence-electron chi connectivity index (χ0n) is 10.5. The Morgan fingerprint density at radius 1 is 1.47 bits per heavy atom. The van der Waals surface area contributed by atoms with Crippen molar-refractivity contribution in [2.45, 2.75) is 45.7 Å². The van der Waals surface area contributed by atoms with Crippen LogP contribution in [0.4, 0.5) is 0 Å². The Morgan fingerprint density at radius 2 is 2.00 bits per heavy atom. The molecule has 0 saturated heterocycles. The minimum absolute atomic E-state index is 0.106. The lowest BCUT2D eigenvalue weighted by Crippen LogP contribution is -2.52. The monoisotopic (exact) mass is 216 g/mol. The van der Waals surface area contributed by atoms with Gasteiger partial charge in [-0.25, -0.2) is 0 Å². The van der Waals surface area contributed by atoms with Crippen molar-refractivity contribution in [3.63, 3.8) is 0 Å². The standard InChI is InChI=1S/C11H24N2O2/c1-8(2)6-9(12)10(14)13-11(3,4)7-15-5/h8-9H,6-7,12H2,1-5H3,(H,13,14). The van der Waals surface area contributed by atoms with Crippen LogP contribution >= 0.6 is 0 Å². The fraction of sp³-hybridized carbons (Fsp3) is 0.909. The molecule has 1 atom stereocenters. The Hall–Kier alpha value is -0.610. The van der Waals surface area contributed by atoms with Gasteiger partial charge in [-0.15, -0.1) is 0 Å². The third-order valence-corrected chi connectivity index (χ3v) is 2.03. The summed E-state index contributed by atoms with van der Waals surface area (Å²) in [6, 6.07) is -0.430. The Kier molecular flexibility index (Phi) is 5.83. The topological polar surface area (TPSA) is 64.3 Å². The van der Waals surface area contributed by atoms with Crippen molar-refractivity contribution in [2.24, 2.45) is 11.7 Å². The van der Waals surface area contributed by atoms with E-state index in [1.807, 2.05) is 27.7 Å². The first-order chi connectivity index (χ1) is 6.78. The molecule has 0 saturated carbocycles. The maximum absolute atomic E-state index is 11.7. The molecule has 0 aromatic carbocycles. The molecule has 0 aliphatic carbocycles. The minimum Gasteiger partial charge on any atom is -0.382 e. The van der Waals surface area contributed by atoms with Gasteiger partial charge in [-0.1, -0.05) is 13.8 Å². The first kappa shape index (κ1) is 14.4. The summed E-state index contributed by atoms with van der Waals surface area (Å²) in [6.45, 7) is 8.40. The second kappa shape index (κ2) is 6.08. The summed E-state index contributed by atoms with van der Waals surface area (Å²) < 4.78 is 5.01. The number of nitrogens with two attached hydrogens (primary N) is 1. The third-order valence-electron chi connectivity index (χ3n) is 2.03. The highest BCUT2D eigenvalue weighted by molar-refractivity contribution is 5.82. The molecule has 15 heavy (non-hydrogen) atoms. The molecule has 3 N–H and O–H groups in total. The lowest BCUT2D eigenvalue weighted by Gasteiger charge is -2.27. The van der Waals surface area contributed by atoms with E-state index in [0.29, 0.717) is 18.9 Å². The molecule has 0 bridgehead atoms. The highest BCUT2D eigenvalue weighted by atomic mass is 16.5. The number of ether oxygens (including phenoxy) is 1.